The number of rotatable bonds is 6. The number of amides is 1. The molecule has 3 rings (SSSR count). The van der Waals surface area contributed by atoms with Gasteiger partial charge in [-0.25, -0.2) is 8.78 Å². The molecule has 1 unspecified atom stereocenters. The second-order valence-corrected chi connectivity index (χ2v) is 9.54. The monoisotopic (exact) mass is 446 g/mol. The molecule has 2 aromatic carbocycles. The quantitative estimate of drug-likeness (QED) is 0.577. The summed E-state index contributed by atoms with van der Waals surface area (Å²) in [7, 11) is 0. The van der Waals surface area contributed by atoms with Gasteiger partial charge in [-0.15, -0.1) is 0 Å². The van der Waals surface area contributed by atoms with Gasteiger partial charge in [-0.1, -0.05) is 32.9 Å². The number of hydrogen-bond acceptors (Lipinski definition) is 3. The van der Waals surface area contributed by atoms with Crippen molar-refractivity contribution in [3.05, 3.63) is 64.7 Å². The van der Waals surface area contributed by atoms with E-state index in [0.717, 1.165) is 50.8 Å². The van der Waals surface area contributed by atoms with Gasteiger partial charge in [0.15, 0.2) is 0 Å². The number of hydrogen-bond donors (Lipinski definition) is 2. The van der Waals surface area contributed by atoms with Crippen LogP contribution < -0.4 is 15.4 Å². The zero-order valence-corrected chi connectivity index (χ0v) is 19.9. The molecule has 0 aliphatic carbocycles. The van der Waals surface area contributed by atoms with Crippen LogP contribution in [0.25, 0.3) is 0 Å². The average molecular weight is 447 g/mol. The Morgan fingerprint density at radius 2 is 1.78 bits per heavy atom. The van der Waals surface area contributed by atoms with E-state index in [1.54, 1.807) is 13.8 Å². The van der Waals surface area contributed by atoms with E-state index in [1.807, 2.05) is 0 Å². The Bertz CT molecular complexity index is 843. The molecule has 0 fully saturated rings. The summed E-state index contributed by atoms with van der Waals surface area (Å²) in [5, 5.41) is 6.44. The number of carbonyl (C=O) groups is 1. The van der Waals surface area contributed by atoms with Crippen molar-refractivity contribution in [2.75, 3.05) is 19.7 Å². The molecule has 0 aromatic heterocycles. The van der Waals surface area contributed by atoms with Crippen LogP contribution in [-0.2, 0) is 11.2 Å². The van der Waals surface area contributed by atoms with Crippen LogP contribution in [0, 0.1) is 24.0 Å². The van der Waals surface area contributed by atoms with E-state index in [0.29, 0.717) is 11.6 Å². The average Bonchev–Trinajstić information content (AvgIpc) is 2.66. The van der Waals surface area contributed by atoms with Gasteiger partial charge in [0, 0.05) is 37.6 Å². The van der Waals surface area contributed by atoms with E-state index in [4.69, 9.17) is 4.74 Å². The smallest absolute Gasteiger partial charge is 0.216 e. The van der Waals surface area contributed by atoms with E-state index in [-0.39, 0.29) is 11.3 Å². The third-order valence-corrected chi connectivity index (χ3v) is 4.97. The Morgan fingerprint density at radius 3 is 2.38 bits per heavy atom. The van der Waals surface area contributed by atoms with E-state index in [1.165, 1.54) is 23.3 Å². The summed E-state index contributed by atoms with van der Waals surface area (Å²) in [6.45, 7) is 12.4. The number of carbonyl (C=O) groups excluding carboxylic acids is 1. The van der Waals surface area contributed by atoms with Crippen molar-refractivity contribution in [2.45, 2.75) is 59.9 Å². The maximum atomic E-state index is 12.2. The lowest BCUT2D eigenvalue weighted by Gasteiger charge is -2.28. The highest BCUT2D eigenvalue weighted by Crippen LogP contribution is 2.34. The minimum Gasteiger partial charge on any atom is -0.493 e. The predicted octanol–water partition coefficient (Wildman–Crippen LogP) is 5.49. The summed E-state index contributed by atoms with van der Waals surface area (Å²) in [4.78, 5) is 10.9. The number of nitrogens with one attached hydrogen (secondary N) is 2. The lowest BCUT2D eigenvalue weighted by atomic mass is 9.86. The van der Waals surface area contributed by atoms with Crippen molar-refractivity contribution in [1.29, 1.82) is 0 Å². The first-order chi connectivity index (χ1) is 15.0. The van der Waals surface area contributed by atoms with Gasteiger partial charge in [-0.2, -0.15) is 0 Å². The summed E-state index contributed by atoms with van der Waals surface area (Å²) in [5.74, 6) is 0.00139. The number of fused-ring (bicyclic) bond motifs is 1. The molecule has 1 aliphatic rings. The van der Waals surface area contributed by atoms with E-state index in [2.05, 4.69) is 49.6 Å². The molecule has 0 saturated heterocycles. The Labute approximate surface area is 190 Å². The third kappa shape index (κ3) is 9.35. The van der Waals surface area contributed by atoms with Gasteiger partial charge in [0.2, 0.25) is 5.91 Å². The SMILES string of the molecule is CC(=O)NCCCNC1CCOc2ccc(CC(C)(C)C)cc21.Cc1cc(F)cc(F)c1. The normalized spacial score (nSPS) is 15.2. The molecule has 1 heterocycles. The van der Waals surface area contributed by atoms with Crippen LogP contribution >= 0.6 is 0 Å². The minimum atomic E-state index is -0.521. The van der Waals surface area contributed by atoms with Gasteiger partial charge < -0.3 is 15.4 Å². The van der Waals surface area contributed by atoms with Gasteiger partial charge in [0.1, 0.15) is 17.4 Å². The van der Waals surface area contributed by atoms with Crippen molar-refractivity contribution in [1.82, 2.24) is 10.6 Å². The third-order valence-electron chi connectivity index (χ3n) is 4.97. The fourth-order valence-corrected chi connectivity index (χ4v) is 3.70. The maximum Gasteiger partial charge on any atom is 0.216 e. The Balaban J connectivity index is 0.000000336. The molecule has 2 N–H and O–H groups in total. The minimum absolute atomic E-state index is 0.0354. The van der Waals surface area contributed by atoms with Gasteiger partial charge in [0.05, 0.1) is 6.61 Å². The molecule has 1 atom stereocenters. The van der Waals surface area contributed by atoms with Crippen LogP contribution in [0.1, 0.15) is 63.3 Å². The topological polar surface area (TPSA) is 50.4 Å². The van der Waals surface area contributed by atoms with Crippen LogP contribution in [0.3, 0.4) is 0 Å². The number of halogens is 2. The molecular weight excluding hydrogens is 410 g/mol. The molecule has 4 nitrogen and oxygen atoms in total. The highest BCUT2D eigenvalue weighted by molar-refractivity contribution is 5.72. The number of benzene rings is 2. The van der Waals surface area contributed by atoms with Crippen LogP contribution in [0.2, 0.25) is 0 Å². The fraction of sp³-hybridized carbons (Fsp3) is 0.500. The molecule has 2 aromatic rings. The first-order valence-corrected chi connectivity index (χ1v) is 11.2. The standard InChI is InChI=1S/C19H30N2O2.C7H6F2/c1-14(22)20-9-5-10-21-17-8-11-23-18-7-6-15(12-16(17)18)13-19(2,3)4;1-5-2-6(8)4-7(9)3-5/h6-7,12,17,21H,5,8-11,13H2,1-4H3,(H,20,22);2-4H,1H3. The van der Waals surface area contributed by atoms with Crippen molar-refractivity contribution in [3.8, 4) is 5.75 Å². The van der Waals surface area contributed by atoms with E-state index < -0.39 is 11.6 Å². The number of aryl methyl sites for hydroxylation is 1. The molecule has 0 bridgehead atoms. The largest absolute Gasteiger partial charge is 0.493 e. The summed E-state index contributed by atoms with van der Waals surface area (Å²) < 4.78 is 30.2. The first kappa shape index (κ1) is 25.8. The fourth-order valence-electron chi connectivity index (χ4n) is 3.70. The van der Waals surface area contributed by atoms with Gasteiger partial charge in [0.25, 0.3) is 0 Å². The van der Waals surface area contributed by atoms with E-state index in [9.17, 15) is 13.6 Å². The lowest BCUT2D eigenvalue weighted by molar-refractivity contribution is -0.118. The molecule has 0 spiro atoms. The van der Waals surface area contributed by atoms with Crippen LogP contribution in [-0.4, -0.2) is 25.6 Å². The first-order valence-electron chi connectivity index (χ1n) is 11.2. The van der Waals surface area contributed by atoms with Gasteiger partial charge >= 0.3 is 0 Å². The summed E-state index contributed by atoms with van der Waals surface area (Å²) in [6.07, 6.45) is 3.00. The molecule has 1 aliphatic heterocycles. The Morgan fingerprint density at radius 1 is 1.09 bits per heavy atom. The second kappa shape index (κ2) is 12.0. The van der Waals surface area contributed by atoms with Crippen molar-refractivity contribution in [3.63, 3.8) is 0 Å². The number of ether oxygens (including phenoxy) is 1. The van der Waals surface area contributed by atoms with E-state index >= 15 is 0 Å². The molecule has 1 amide bonds. The zero-order valence-electron chi connectivity index (χ0n) is 19.9. The Hall–Kier alpha value is -2.47. The molecule has 0 radical (unpaired) electrons. The molecule has 0 saturated carbocycles. The van der Waals surface area contributed by atoms with Crippen LogP contribution in [0.5, 0.6) is 5.75 Å². The highest BCUT2D eigenvalue weighted by atomic mass is 19.1. The van der Waals surface area contributed by atoms with Crippen LogP contribution in [0.15, 0.2) is 36.4 Å². The zero-order chi connectivity index (χ0) is 23.7. The van der Waals surface area contributed by atoms with Crippen molar-refractivity contribution < 1.29 is 18.3 Å². The van der Waals surface area contributed by atoms with Gasteiger partial charge in [-0.05, 0) is 61.1 Å². The summed E-state index contributed by atoms with van der Waals surface area (Å²) in [5.41, 5.74) is 3.53. The summed E-state index contributed by atoms with van der Waals surface area (Å²) >= 11 is 0. The molecular formula is C26H36F2N2O2. The maximum absolute atomic E-state index is 12.2. The van der Waals surface area contributed by atoms with Crippen LogP contribution in [0.4, 0.5) is 8.78 Å². The Kier molecular flexibility index (Phi) is 9.63. The molecule has 32 heavy (non-hydrogen) atoms. The predicted molar refractivity (Wildman–Crippen MR) is 125 cm³/mol. The lowest BCUT2D eigenvalue weighted by Crippen LogP contribution is -2.30. The second-order valence-electron chi connectivity index (χ2n) is 9.54. The molecule has 176 valence electrons. The molecule has 6 heteroatoms. The highest BCUT2D eigenvalue weighted by Gasteiger charge is 2.22. The summed E-state index contributed by atoms with van der Waals surface area (Å²) in [6, 6.07) is 10.4. The van der Waals surface area contributed by atoms with Gasteiger partial charge in [-0.3, -0.25) is 4.79 Å². The van der Waals surface area contributed by atoms with Crippen molar-refractivity contribution in [2.24, 2.45) is 5.41 Å². The van der Waals surface area contributed by atoms with Crippen molar-refractivity contribution >= 4 is 5.91 Å².